The summed E-state index contributed by atoms with van der Waals surface area (Å²) in [6.07, 6.45) is 4.08. The van der Waals surface area contributed by atoms with Gasteiger partial charge in [0.2, 0.25) is 0 Å². The van der Waals surface area contributed by atoms with Gasteiger partial charge in [0.1, 0.15) is 0 Å². The number of hydrogen-bond acceptors (Lipinski definition) is 5. The minimum atomic E-state index is -0.455. The van der Waals surface area contributed by atoms with E-state index < -0.39 is 4.92 Å². The maximum absolute atomic E-state index is 10.7. The highest BCUT2D eigenvalue weighted by Gasteiger charge is 2.05. The Balaban J connectivity index is 0.00000300. The second kappa shape index (κ2) is 10.5. The van der Waals surface area contributed by atoms with Crippen LogP contribution in [-0.2, 0) is 6.54 Å². The fraction of sp³-hybridized carbons (Fsp3) is 0.150. The number of pyridine rings is 1. The SMILES string of the molecule is Cc1cc[n+](CCNc2ccc(N=Nc3ccc([N+](=O)[O-])cc3)cc2Cl)cc1.[Cl-]. The van der Waals surface area contributed by atoms with E-state index in [9.17, 15) is 10.1 Å². The normalized spacial score (nSPS) is 10.6. The average Bonchev–Trinajstić information content (AvgIpc) is 2.69. The Morgan fingerprint density at radius 1 is 1.03 bits per heavy atom. The number of azo groups is 1. The maximum Gasteiger partial charge on any atom is 0.269 e. The number of anilines is 1. The number of nitro benzene ring substituents is 1. The largest absolute Gasteiger partial charge is 1.00 e. The highest BCUT2D eigenvalue weighted by atomic mass is 35.5. The van der Waals surface area contributed by atoms with Crippen LogP contribution in [0.3, 0.4) is 0 Å². The molecule has 29 heavy (non-hydrogen) atoms. The lowest BCUT2D eigenvalue weighted by molar-refractivity contribution is -0.694. The van der Waals surface area contributed by atoms with E-state index >= 15 is 0 Å². The van der Waals surface area contributed by atoms with Gasteiger partial charge in [-0.05, 0) is 42.8 Å². The third-order valence-corrected chi connectivity index (χ3v) is 4.35. The first-order valence-corrected chi connectivity index (χ1v) is 9.04. The van der Waals surface area contributed by atoms with Gasteiger partial charge < -0.3 is 17.7 Å². The van der Waals surface area contributed by atoms with Crippen LogP contribution in [-0.4, -0.2) is 11.5 Å². The summed E-state index contributed by atoms with van der Waals surface area (Å²) < 4.78 is 2.10. The number of benzene rings is 2. The molecular formula is C20H19Cl2N5O2. The molecule has 0 spiro atoms. The summed E-state index contributed by atoms with van der Waals surface area (Å²) in [5.74, 6) is 0. The third-order valence-electron chi connectivity index (χ3n) is 4.04. The van der Waals surface area contributed by atoms with E-state index in [-0.39, 0.29) is 18.1 Å². The molecule has 2 aromatic carbocycles. The van der Waals surface area contributed by atoms with Crippen LogP contribution >= 0.6 is 11.6 Å². The molecule has 0 bridgehead atoms. The predicted octanol–water partition coefficient (Wildman–Crippen LogP) is 2.38. The van der Waals surface area contributed by atoms with Crippen LogP contribution in [0, 0.1) is 17.0 Å². The Labute approximate surface area is 179 Å². The van der Waals surface area contributed by atoms with Crippen molar-refractivity contribution >= 4 is 34.4 Å². The van der Waals surface area contributed by atoms with Gasteiger partial charge in [-0.1, -0.05) is 11.6 Å². The third kappa shape index (κ3) is 6.51. The molecular weight excluding hydrogens is 413 g/mol. The van der Waals surface area contributed by atoms with Gasteiger partial charge in [-0.15, -0.1) is 0 Å². The van der Waals surface area contributed by atoms with Crippen molar-refractivity contribution in [3.05, 3.63) is 87.7 Å². The molecule has 0 aliphatic heterocycles. The van der Waals surface area contributed by atoms with E-state index in [1.807, 2.05) is 24.5 Å². The van der Waals surface area contributed by atoms with E-state index in [1.54, 1.807) is 18.2 Å². The number of aromatic nitrogens is 1. The summed E-state index contributed by atoms with van der Waals surface area (Å²) in [6, 6.07) is 15.4. The van der Waals surface area contributed by atoms with Crippen molar-refractivity contribution in [1.29, 1.82) is 0 Å². The molecule has 3 rings (SSSR count). The van der Waals surface area contributed by atoms with Gasteiger partial charge >= 0.3 is 0 Å². The van der Waals surface area contributed by atoms with Gasteiger partial charge in [-0.3, -0.25) is 10.1 Å². The molecule has 0 saturated carbocycles. The molecule has 1 aromatic heterocycles. The average molecular weight is 432 g/mol. The lowest BCUT2D eigenvalue weighted by atomic mass is 10.3. The van der Waals surface area contributed by atoms with Crippen molar-refractivity contribution in [3.63, 3.8) is 0 Å². The Morgan fingerprint density at radius 3 is 2.28 bits per heavy atom. The van der Waals surface area contributed by atoms with Crippen molar-refractivity contribution in [1.82, 2.24) is 0 Å². The number of aryl methyl sites for hydroxylation is 1. The van der Waals surface area contributed by atoms with Gasteiger partial charge in [0.15, 0.2) is 18.9 Å². The zero-order valence-corrected chi connectivity index (χ0v) is 17.1. The first-order valence-electron chi connectivity index (χ1n) is 8.66. The number of nitro groups is 1. The molecule has 3 aromatic rings. The van der Waals surface area contributed by atoms with Crippen LogP contribution in [0.4, 0.5) is 22.7 Å². The molecule has 0 amide bonds. The van der Waals surface area contributed by atoms with Gasteiger partial charge in [0, 0.05) is 24.3 Å². The van der Waals surface area contributed by atoms with Crippen LogP contribution < -0.4 is 22.3 Å². The van der Waals surface area contributed by atoms with Gasteiger partial charge in [-0.25, -0.2) is 4.57 Å². The second-order valence-electron chi connectivity index (χ2n) is 6.18. The van der Waals surface area contributed by atoms with Crippen LogP contribution in [0.5, 0.6) is 0 Å². The quantitative estimate of drug-likeness (QED) is 0.269. The van der Waals surface area contributed by atoms with E-state index in [4.69, 9.17) is 11.6 Å². The zero-order valence-electron chi connectivity index (χ0n) is 15.6. The summed E-state index contributed by atoms with van der Waals surface area (Å²) in [5, 5.41) is 22.7. The van der Waals surface area contributed by atoms with Crippen LogP contribution in [0.25, 0.3) is 0 Å². The van der Waals surface area contributed by atoms with Crippen LogP contribution in [0.15, 0.2) is 77.2 Å². The predicted molar refractivity (Wildman–Crippen MR) is 109 cm³/mol. The second-order valence-corrected chi connectivity index (χ2v) is 6.58. The summed E-state index contributed by atoms with van der Waals surface area (Å²) in [5.41, 5.74) is 3.19. The van der Waals surface area contributed by atoms with E-state index in [1.165, 1.54) is 17.7 Å². The fourth-order valence-electron chi connectivity index (χ4n) is 2.47. The number of nitrogens with zero attached hydrogens (tertiary/aromatic N) is 4. The molecule has 7 nitrogen and oxygen atoms in total. The lowest BCUT2D eigenvalue weighted by Crippen LogP contribution is -3.00. The minimum absolute atomic E-state index is 0. The summed E-state index contributed by atoms with van der Waals surface area (Å²) in [4.78, 5) is 10.2. The Morgan fingerprint density at radius 2 is 1.66 bits per heavy atom. The van der Waals surface area contributed by atoms with Gasteiger partial charge in [0.25, 0.3) is 5.69 Å². The zero-order chi connectivity index (χ0) is 19.9. The number of hydrogen-bond donors (Lipinski definition) is 1. The summed E-state index contributed by atoms with van der Waals surface area (Å²) in [7, 11) is 0. The Bertz CT molecular complexity index is 993. The smallest absolute Gasteiger partial charge is 0.269 e. The summed E-state index contributed by atoms with van der Waals surface area (Å²) >= 11 is 6.32. The molecule has 0 aliphatic carbocycles. The molecule has 0 aliphatic rings. The maximum atomic E-state index is 10.7. The monoisotopic (exact) mass is 431 g/mol. The highest BCUT2D eigenvalue weighted by molar-refractivity contribution is 6.33. The molecule has 0 atom stereocenters. The molecule has 1 N–H and O–H groups in total. The van der Waals surface area contributed by atoms with E-state index in [2.05, 4.69) is 39.2 Å². The Hall–Kier alpha value is -3.03. The van der Waals surface area contributed by atoms with Crippen molar-refractivity contribution < 1.29 is 21.9 Å². The van der Waals surface area contributed by atoms with Crippen molar-refractivity contribution in [2.24, 2.45) is 10.2 Å². The standard InChI is InChI=1S/C20H19ClN5O2.ClH/c1-15-8-11-25(12-9-15)13-10-22-20-7-4-17(14-19(20)21)24-23-16-2-5-18(6-3-16)26(27)28;/h2-9,11-12,14,22H,10,13H2,1H3;1H/q+1;/p-1. The molecule has 0 fully saturated rings. The molecule has 0 radical (unpaired) electrons. The van der Waals surface area contributed by atoms with E-state index in [0.717, 1.165) is 18.8 Å². The number of halogens is 2. The Kier molecular flexibility index (Phi) is 8.06. The summed E-state index contributed by atoms with van der Waals surface area (Å²) in [6.45, 7) is 3.61. The minimum Gasteiger partial charge on any atom is -1.00 e. The molecule has 0 unspecified atom stereocenters. The lowest BCUT2D eigenvalue weighted by Gasteiger charge is -2.07. The topological polar surface area (TPSA) is 83.8 Å². The first kappa shape index (κ1) is 22.3. The fourth-order valence-corrected chi connectivity index (χ4v) is 2.71. The molecule has 0 saturated heterocycles. The number of non-ortho nitro benzene ring substituents is 1. The molecule has 150 valence electrons. The van der Waals surface area contributed by atoms with Crippen molar-refractivity contribution in [3.8, 4) is 0 Å². The number of rotatable bonds is 7. The van der Waals surface area contributed by atoms with E-state index in [0.29, 0.717) is 16.4 Å². The van der Waals surface area contributed by atoms with Crippen molar-refractivity contribution in [2.45, 2.75) is 13.5 Å². The number of nitrogens with one attached hydrogen (secondary N) is 1. The first-order chi connectivity index (χ1) is 13.5. The molecule has 9 heteroatoms. The van der Waals surface area contributed by atoms with Gasteiger partial charge in [-0.2, -0.15) is 10.2 Å². The van der Waals surface area contributed by atoms with Crippen LogP contribution in [0.1, 0.15) is 5.56 Å². The van der Waals surface area contributed by atoms with Gasteiger partial charge in [0.05, 0.1) is 33.6 Å². The molecule has 1 heterocycles. The highest BCUT2D eigenvalue weighted by Crippen LogP contribution is 2.28. The van der Waals surface area contributed by atoms with Crippen LogP contribution in [0.2, 0.25) is 5.02 Å². The van der Waals surface area contributed by atoms with Crippen molar-refractivity contribution in [2.75, 3.05) is 11.9 Å².